The van der Waals surface area contributed by atoms with Gasteiger partial charge in [0.1, 0.15) is 12.2 Å². The molecule has 1 saturated heterocycles. The molecule has 4 N–H and O–H groups in total. The van der Waals surface area contributed by atoms with Crippen LogP contribution in [0.5, 0.6) is 0 Å². The Bertz CT molecular complexity index is 792. The number of carboxylic acids is 1. The smallest absolute Gasteiger partial charge is 0.479 e. The van der Waals surface area contributed by atoms with E-state index in [0.29, 0.717) is 0 Å². The van der Waals surface area contributed by atoms with Crippen molar-refractivity contribution in [1.29, 1.82) is 0 Å². The molecule has 0 spiro atoms. The molecule has 0 amide bonds. The predicted molar refractivity (Wildman–Crippen MR) is 67.2 cm³/mol. The minimum atomic E-state index is -6.47. The predicted octanol–water partition coefficient (Wildman–Crippen LogP) is -1.30. The van der Waals surface area contributed by atoms with Crippen LogP contribution in [-0.4, -0.2) is 85.1 Å². The Morgan fingerprint density at radius 3 is 1.71 bits per heavy atom. The van der Waals surface area contributed by atoms with Gasteiger partial charge >= 0.3 is 39.1 Å². The molecule has 1 rings (SSSR count). The summed E-state index contributed by atoms with van der Waals surface area (Å²) in [5.74, 6) is -2.29. The Morgan fingerprint density at radius 2 is 1.36 bits per heavy atom. The van der Waals surface area contributed by atoms with Crippen molar-refractivity contribution in [2.75, 3.05) is 0 Å². The van der Waals surface area contributed by atoms with Crippen LogP contribution in [0.25, 0.3) is 0 Å². The molecule has 0 bridgehead atoms. The highest BCUT2D eigenvalue weighted by Gasteiger charge is 2.64. The number of aliphatic hydroxyl groups is 1. The molecule has 0 aromatic carbocycles. The van der Waals surface area contributed by atoms with Gasteiger partial charge in [0.05, 0.1) is 0 Å². The quantitative estimate of drug-likeness (QED) is 0.252. The summed E-state index contributed by atoms with van der Waals surface area (Å²) in [6.07, 6.45) is -27.9. The molecule has 1 aliphatic heterocycles. The molecule has 1 fully saturated rings. The summed E-state index contributed by atoms with van der Waals surface area (Å²) in [5, 5.41) is 18.5. The third kappa shape index (κ3) is 6.38. The number of carbonyl (C=O) groups is 1. The molecule has 13 nitrogen and oxygen atoms in total. The lowest BCUT2D eigenvalue weighted by atomic mass is 9.99. The minimum absolute atomic E-state index is 2.29. The van der Waals surface area contributed by atoms with Crippen molar-refractivity contribution in [2.24, 2.45) is 0 Å². The van der Waals surface area contributed by atoms with Gasteiger partial charge < -0.3 is 14.9 Å². The molecule has 0 unspecified atom stereocenters. The van der Waals surface area contributed by atoms with Gasteiger partial charge in [-0.15, -0.1) is 0 Å². The summed E-state index contributed by atoms with van der Waals surface area (Å²) in [6, 6.07) is 0. The molecule has 0 aromatic rings. The number of alkyl halides is 5. The molecule has 1 aliphatic rings. The first kappa shape index (κ1) is 24.8. The van der Waals surface area contributed by atoms with Crippen molar-refractivity contribution in [3.05, 3.63) is 0 Å². The highest BCUT2D eigenvalue weighted by molar-refractivity contribution is 7.81. The van der Waals surface area contributed by atoms with Gasteiger partial charge in [0, 0.05) is 0 Å². The molecule has 20 heteroatoms. The van der Waals surface area contributed by atoms with Crippen LogP contribution in [0.2, 0.25) is 0 Å². The fourth-order valence-electron chi connectivity index (χ4n) is 1.83. The van der Waals surface area contributed by atoms with Crippen molar-refractivity contribution < 1.29 is 80.7 Å². The van der Waals surface area contributed by atoms with Crippen molar-refractivity contribution in [3.8, 4) is 0 Å². The fourth-order valence-corrected chi connectivity index (χ4v) is 2.81. The summed E-state index contributed by atoms with van der Waals surface area (Å²) in [6.45, 7) is 0. The lowest BCUT2D eigenvalue weighted by Crippen LogP contribution is -2.64. The van der Waals surface area contributed by atoms with Gasteiger partial charge in [0.25, 0.3) is 0 Å². The van der Waals surface area contributed by atoms with Crippen LogP contribution in [0.3, 0.4) is 0 Å². The van der Waals surface area contributed by atoms with Crippen molar-refractivity contribution in [3.63, 3.8) is 0 Å². The molecule has 0 aromatic heterocycles. The molecule has 0 aliphatic carbocycles. The Labute approximate surface area is 151 Å². The van der Waals surface area contributed by atoms with Gasteiger partial charge in [-0.1, -0.05) is 0 Å². The first-order chi connectivity index (χ1) is 12.3. The third-order valence-corrected chi connectivity index (χ3v) is 3.75. The topological polar surface area (TPSA) is 203 Å². The van der Waals surface area contributed by atoms with Gasteiger partial charge in [-0.3, -0.25) is 13.8 Å². The lowest BCUT2D eigenvalue weighted by molar-refractivity contribution is -0.442. The molecule has 5 atom stereocenters. The SMILES string of the molecule is O=C(O)[C@H]1O[C@H](OC(F)(F)C(F)(F)F)[C@H](OS(=O)(=O)O)[C@@H](OS(=O)(=O)O)[C@@H]1O. The van der Waals surface area contributed by atoms with E-state index in [1.54, 1.807) is 0 Å². The van der Waals surface area contributed by atoms with Crippen LogP contribution in [0, 0.1) is 0 Å². The highest BCUT2D eigenvalue weighted by Crippen LogP contribution is 2.40. The number of aliphatic carboxylic acids is 1. The van der Waals surface area contributed by atoms with Gasteiger partial charge in [-0.05, 0) is 0 Å². The monoisotopic (exact) mass is 472 g/mol. The van der Waals surface area contributed by atoms with Gasteiger partial charge in [0.15, 0.2) is 18.5 Å². The maximum absolute atomic E-state index is 13.1. The van der Waals surface area contributed by atoms with E-state index in [9.17, 15) is 48.7 Å². The first-order valence-corrected chi connectivity index (χ1v) is 8.98. The summed E-state index contributed by atoms with van der Waals surface area (Å²) in [7, 11) is -11.5. The van der Waals surface area contributed by atoms with Crippen molar-refractivity contribution >= 4 is 26.8 Å². The van der Waals surface area contributed by atoms with Crippen LogP contribution in [0.15, 0.2) is 0 Å². The Hall–Kier alpha value is -1.26. The number of aliphatic hydroxyl groups excluding tert-OH is 1. The number of halogens is 5. The zero-order valence-corrected chi connectivity index (χ0v) is 14.2. The summed E-state index contributed by atoms with van der Waals surface area (Å²) in [4.78, 5) is 10.9. The molecule has 1 heterocycles. The van der Waals surface area contributed by atoms with Crippen LogP contribution < -0.4 is 0 Å². The number of carboxylic acid groups (broad SMARTS) is 1. The largest absolute Gasteiger partial charge is 0.483 e. The number of rotatable bonds is 7. The zero-order chi connectivity index (χ0) is 22.3. The summed E-state index contributed by atoms with van der Waals surface area (Å²) < 4.78 is 138. The van der Waals surface area contributed by atoms with E-state index in [0.717, 1.165) is 0 Å². The zero-order valence-electron chi connectivity index (χ0n) is 12.6. The molecule has 166 valence electrons. The van der Waals surface area contributed by atoms with Gasteiger partial charge in [-0.25, -0.2) is 13.2 Å². The van der Waals surface area contributed by atoms with E-state index < -0.39 is 69.8 Å². The Morgan fingerprint density at radius 1 is 0.929 bits per heavy atom. The molecular weight excluding hydrogens is 463 g/mol. The average Bonchev–Trinajstić information content (AvgIpc) is 2.41. The maximum atomic E-state index is 13.1. The normalized spacial score (nSPS) is 30.2. The summed E-state index contributed by atoms with van der Waals surface area (Å²) in [5.41, 5.74) is 0. The average molecular weight is 472 g/mol. The van der Waals surface area contributed by atoms with Gasteiger partial charge in [0.2, 0.25) is 0 Å². The van der Waals surface area contributed by atoms with Crippen LogP contribution in [-0.2, 0) is 43.4 Å². The summed E-state index contributed by atoms with van der Waals surface area (Å²) >= 11 is 0. The van der Waals surface area contributed by atoms with Gasteiger partial charge in [-0.2, -0.15) is 38.8 Å². The van der Waals surface area contributed by atoms with Crippen molar-refractivity contribution in [1.82, 2.24) is 0 Å². The highest BCUT2D eigenvalue weighted by atomic mass is 32.3. The van der Waals surface area contributed by atoms with E-state index in [1.807, 2.05) is 0 Å². The second-order valence-electron chi connectivity index (χ2n) is 4.86. The second-order valence-corrected chi connectivity index (χ2v) is 6.96. The number of hydrogen-bond donors (Lipinski definition) is 4. The molecular formula is C8H9F5O13S2. The molecule has 0 radical (unpaired) electrons. The van der Waals surface area contributed by atoms with Crippen LogP contribution >= 0.6 is 0 Å². The molecule has 0 saturated carbocycles. The van der Waals surface area contributed by atoms with E-state index in [1.165, 1.54) is 0 Å². The first-order valence-electron chi connectivity index (χ1n) is 6.25. The van der Waals surface area contributed by atoms with Crippen LogP contribution in [0.4, 0.5) is 22.0 Å². The van der Waals surface area contributed by atoms with Crippen molar-refractivity contribution in [2.45, 2.75) is 43.0 Å². The minimum Gasteiger partial charge on any atom is -0.479 e. The van der Waals surface area contributed by atoms with E-state index in [4.69, 9.17) is 14.2 Å². The fraction of sp³-hybridized carbons (Fsp3) is 0.875. The maximum Gasteiger partial charge on any atom is 0.483 e. The number of ether oxygens (including phenoxy) is 2. The third-order valence-electron chi connectivity index (χ3n) is 2.82. The Kier molecular flexibility index (Phi) is 6.96. The Balaban J connectivity index is 3.46. The van der Waals surface area contributed by atoms with E-state index in [-0.39, 0.29) is 0 Å². The number of hydrogen-bond acceptors (Lipinski definition) is 10. The lowest BCUT2D eigenvalue weighted by Gasteiger charge is -2.41. The van der Waals surface area contributed by atoms with E-state index >= 15 is 0 Å². The molecule has 28 heavy (non-hydrogen) atoms. The second kappa shape index (κ2) is 7.87. The van der Waals surface area contributed by atoms with Crippen LogP contribution in [0.1, 0.15) is 0 Å². The standard InChI is InChI=1S/C8H9F5O13S2/c9-7(10,11)8(12,13)24-6-4(26-28(20,21)22)2(25-27(17,18)19)1(14)3(23-6)5(15)16/h1-4,6,14H,(H,15,16)(H,17,18,19)(H,20,21,22)/t1-,2-,3-,4+,6+/m0/s1. The van der Waals surface area contributed by atoms with E-state index in [2.05, 4.69) is 17.8 Å².